The predicted octanol–water partition coefficient (Wildman–Crippen LogP) is 4.04. The lowest BCUT2D eigenvalue weighted by Gasteiger charge is -2.24. The van der Waals surface area contributed by atoms with E-state index in [2.05, 4.69) is 4.98 Å². The van der Waals surface area contributed by atoms with Gasteiger partial charge in [-0.2, -0.15) is 0 Å². The fourth-order valence-corrected chi connectivity index (χ4v) is 3.39. The minimum Gasteiger partial charge on any atom is -0.504 e. The molecule has 1 unspecified atom stereocenters. The van der Waals surface area contributed by atoms with E-state index in [1.54, 1.807) is 12.1 Å². The van der Waals surface area contributed by atoms with Gasteiger partial charge in [-0.05, 0) is 30.3 Å². The van der Waals surface area contributed by atoms with E-state index in [0.29, 0.717) is 12.4 Å². The molecule has 1 atom stereocenters. The highest BCUT2D eigenvalue weighted by Gasteiger charge is 2.25. The zero-order valence-electron chi connectivity index (χ0n) is 12.9. The maximum atomic E-state index is 9.70. The number of methoxy groups -OCH3 is 1. The highest BCUT2D eigenvalue weighted by molar-refractivity contribution is 7.10. The minimum absolute atomic E-state index is 0.109. The first-order valence-corrected chi connectivity index (χ1v) is 8.34. The van der Waals surface area contributed by atoms with E-state index in [-0.39, 0.29) is 11.9 Å². The number of rotatable bonds is 3. The number of benzene rings is 2. The van der Waals surface area contributed by atoms with Gasteiger partial charge < -0.3 is 19.3 Å². The predicted molar refractivity (Wildman–Crippen MR) is 91.1 cm³/mol. The minimum atomic E-state index is -0.224. The van der Waals surface area contributed by atoms with Crippen LogP contribution in [0.15, 0.2) is 47.8 Å². The highest BCUT2D eigenvalue weighted by atomic mass is 32.1. The Kier molecular flexibility index (Phi) is 3.74. The van der Waals surface area contributed by atoms with Crippen molar-refractivity contribution in [1.29, 1.82) is 0 Å². The summed E-state index contributed by atoms with van der Waals surface area (Å²) in [5.74, 6) is 2.02. The molecule has 3 aromatic rings. The number of aromatic nitrogens is 1. The summed E-state index contributed by atoms with van der Waals surface area (Å²) in [5, 5.41) is 12.5. The molecule has 2 heterocycles. The molecule has 0 aliphatic carbocycles. The van der Waals surface area contributed by atoms with E-state index in [4.69, 9.17) is 14.2 Å². The molecule has 6 heteroatoms. The molecule has 24 heavy (non-hydrogen) atoms. The van der Waals surface area contributed by atoms with Crippen molar-refractivity contribution in [1.82, 2.24) is 4.98 Å². The number of nitrogens with zero attached hydrogens (tertiary/aromatic N) is 1. The molecule has 0 radical (unpaired) electrons. The van der Waals surface area contributed by atoms with Gasteiger partial charge in [0.1, 0.15) is 11.6 Å². The topological polar surface area (TPSA) is 60.8 Å². The molecule has 0 bridgehead atoms. The highest BCUT2D eigenvalue weighted by Crippen LogP contribution is 2.38. The molecule has 0 saturated heterocycles. The standard InChI is InChI=1S/C18H15NO4S/c1-21-16-8-11(6-7-13(16)20)12-10-24-18(19-12)17-9-22-14-4-2-3-5-15(14)23-17/h2-8,10,17,20H,9H2,1H3. The Morgan fingerprint density at radius 1 is 1.21 bits per heavy atom. The summed E-state index contributed by atoms with van der Waals surface area (Å²) in [7, 11) is 1.52. The first-order valence-electron chi connectivity index (χ1n) is 7.46. The molecule has 1 aromatic heterocycles. The van der Waals surface area contributed by atoms with Crippen LogP contribution in [0.1, 0.15) is 11.1 Å². The van der Waals surface area contributed by atoms with E-state index < -0.39 is 0 Å². The number of phenols is 1. The smallest absolute Gasteiger partial charge is 0.184 e. The average Bonchev–Trinajstić information content (AvgIpc) is 3.12. The SMILES string of the molecule is COc1cc(-c2csc(C3COc4ccccc4O3)n2)ccc1O. The van der Waals surface area contributed by atoms with Gasteiger partial charge in [0.15, 0.2) is 29.1 Å². The van der Waals surface area contributed by atoms with Crippen molar-refractivity contribution in [2.45, 2.75) is 6.10 Å². The van der Waals surface area contributed by atoms with Crippen LogP contribution < -0.4 is 14.2 Å². The van der Waals surface area contributed by atoms with Crippen molar-refractivity contribution in [2.24, 2.45) is 0 Å². The third-order valence-corrected chi connectivity index (χ3v) is 4.72. The number of ether oxygens (including phenoxy) is 3. The lowest BCUT2D eigenvalue weighted by molar-refractivity contribution is 0.0911. The quantitative estimate of drug-likeness (QED) is 0.779. The molecule has 122 valence electrons. The number of hydrogen-bond acceptors (Lipinski definition) is 6. The monoisotopic (exact) mass is 341 g/mol. The molecule has 2 aromatic carbocycles. The maximum absolute atomic E-state index is 9.70. The van der Waals surface area contributed by atoms with Gasteiger partial charge in [0.05, 0.1) is 12.8 Å². The first kappa shape index (κ1) is 14.8. The van der Waals surface area contributed by atoms with Crippen molar-refractivity contribution in [3.8, 4) is 34.3 Å². The van der Waals surface area contributed by atoms with Gasteiger partial charge in [0, 0.05) is 10.9 Å². The van der Waals surface area contributed by atoms with Gasteiger partial charge in [-0.1, -0.05) is 12.1 Å². The first-order chi connectivity index (χ1) is 11.7. The maximum Gasteiger partial charge on any atom is 0.184 e. The number of hydrogen-bond donors (Lipinski definition) is 1. The summed E-state index contributed by atoms with van der Waals surface area (Å²) < 4.78 is 16.9. The number of para-hydroxylation sites is 2. The van der Waals surface area contributed by atoms with Gasteiger partial charge in [-0.15, -0.1) is 11.3 Å². The van der Waals surface area contributed by atoms with Crippen molar-refractivity contribution >= 4 is 11.3 Å². The van der Waals surface area contributed by atoms with Crippen molar-refractivity contribution < 1.29 is 19.3 Å². The van der Waals surface area contributed by atoms with Crippen LogP contribution in [0.5, 0.6) is 23.0 Å². The molecular formula is C18H15NO4S. The third kappa shape index (κ3) is 2.65. The number of aromatic hydroxyl groups is 1. The van der Waals surface area contributed by atoms with Gasteiger partial charge in [0.2, 0.25) is 0 Å². The summed E-state index contributed by atoms with van der Waals surface area (Å²) in [4.78, 5) is 4.66. The number of phenolic OH excluding ortho intramolecular Hbond substituents is 1. The van der Waals surface area contributed by atoms with Gasteiger partial charge in [-0.3, -0.25) is 0 Å². The largest absolute Gasteiger partial charge is 0.504 e. The Labute approximate surface area is 143 Å². The Balaban J connectivity index is 1.60. The van der Waals surface area contributed by atoms with Crippen LogP contribution in [0.2, 0.25) is 0 Å². The second-order valence-corrected chi connectivity index (χ2v) is 6.21. The van der Waals surface area contributed by atoms with Gasteiger partial charge >= 0.3 is 0 Å². The molecule has 0 amide bonds. The van der Waals surface area contributed by atoms with E-state index in [1.165, 1.54) is 18.4 Å². The van der Waals surface area contributed by atoms with Gasteiger partial charge in [-0.25, -0.2) is 4.98 Å². The Morgan fingerprint density at radius 3 is 2.88 bits per heavy atom. The number of fused-ring (bicyclic) bond motifs is 1. The van der Waals surface area contributed by atoms with Crippen LogP contribution in [0, 0.1) is 0 Å². The van der Waals surface area contributed by atoms with Crippen molar-refractivity contribution in [3.63, 3.8) is 0 Å². The normalized spacial score (nSPS) is 16.0. The average molecular weight is 341 g/mol. The molecule has 0 fully saturated rings. The lowest BCUT2D eigenvalue weighted by Crippen LogP contribution is -2.21. The fourth-order valence-electron chi connectivity index (χ4n) is 2.55. The van der Waals surface area contributed by atoms with Crippen LogP contribution in [-0.2, 0) is 0 Å². The fraction of sp³-hybridized carbons (Fsp3) is 0.167. The third-order valence-electron chi connectivity index (χ3n) is 3.78. The van der Waals surface area contributed by atoms with Crippen molar-refractivity contribution in [3.05, 3.63) is 52.9 Å². The van der Waals surface area contributed by atoms with Crippen LogP contribution >= 0.6 is 11.3 Å². The molecule has 5 nitrogen and oxygen atoms in total. The summed E-state index contributed by atoms with van der Waals surface area (Å²) in [6.45, 7) is 0.433. The lowest BCUT2D eigenvalue weighted by atomic mass is 10.1. The second-order valence-electron chi connectivity index (χ2n) is 5.32. The van der Waals surface area contributed by atoms with E-state index >= 15 is 0 Å². The zero-order chi connectivity index (χ0) is 16.5. The van der Waals surface area contributed by atoms with Crippen LogP contribution in [0.3, 0.4) is 0 Å². The molecule has 1 N–H and O–H groups in total. The number of thiazole rings is 1. The van der Waals surface area contributed by atoms with Crippen LogP contribution in [-0.4, -0.2) is 23.8 Å². The van der Waals surface area contributed by atoms with E-state index in [1.807, 2.05) is 35.7 Å². The molecular weight excluding hydrogens is 326 g/mol. The molecule has 1 aliphatic rings. The van der Waals surface area contributed by atoms with E-state index in [9.17, 15) is 5.11 Å². The molecule has 0 spiro atoms. The molecule has 1 aliphatic heterocycles. The summed E-state index contributed by atoms with van der Waals surface area (Å²) in [6, 6.07) is 12.8. The Bertz CT molecular complexity index is 877. The second kappa shape index (κ2) is 6.05. The van der Waals surface area contributed by atoms with Crippen molar-refractivity contribution in [2.75, 3.05) is 13.7 Å². The summed E-state index contributed by atoms with van der Waals surface area (Å²) in [6.07, 6.45) is -0.224. The summed E-state index contributed by atoms with van der Waals surface area (Å²) in [5.41, 5.74) is 1.69. The zero-order valence-corrected chi connectivity index (χ0v) is 13.7. The molecule has 4 rings (SSSR count). The van der Waals surface area contributed by atoms with E-state index in [0.717, 1.165) is 27.8 Å². The molecule has 0 saturated carbocycles. The summed E-state index contributed by atoms with van der Waals surface area (Å²) >= 11 is 1.52. The Morgan fingerprint density at radius 2 is 2.04 bits per heavy atom. The van der Waals surface area contributed by atoms with Crippen LogP contribution in [0.25, 0.3) is 11.3 Å². The Hall–Kier alpha value is -2.73. The van der Waals surface area contributed by atoms with Crippen LogP contribution in [0.4, 0.5) is 0 Å². The van der Waals surface area contributed by atoms with Gasteiger partial charge in [0.25, 0.3) is 0 Å².